The maximum Gasteiger partial charge on any atom is 0.274 e. The van der Waals surface area contributed by atoms with E-state index in [4.69, 9.17) is 0 Å². The van der Waals surface area contributed by atoms with E-state index in [1.807, 2.05) is 0 Å². The van der Waals surface area contributed by atoms with Gasteiger partial charge in [0.15, 0.2) is 11.4 Å². The van der Waals surface area contributed by atoms with Crippen molar-refractivity contribution < 1.29 is 27.9 Å². The maximum atomic E-state index is 14.1. The number of nitrogens with zero attached hydrogens (tertiary/aromatic N) is 2. The standard InChI is InChI=1S/C22H22F3N3O4/c1-11-5-15(24)13(16(25)6-11)8-26-21(31)14-9-28-17-10-27(4-2-3-12(17)7-23)22(32)18(28)20(30)19(14)29/h5-6,9,12,17,30H,2-4,7-8,10H2,1H3,(H,26,31)/t12-,17+/m0/s1. The molecule has 2 atom stereocenters. The molecule has 4 rings (SSSR count). The molecule has 2 aliphatic heterocycles. The van der Waals surface area contributed by atoms with Crippen molar-refractivity contribution in [3.05, 3.63) is 62.6 Å². The number of fused-ring (bicyclic) bond motifs is 4. The minimum Gasteiger partial charge on any atom is -0.503 e. The minimum absolute atomic E-state index is 0.198. The van der Waals surface area contributed by atoms with Crippen molar-refractivity contribution in [2.24, 2.45) is 5.92 Å². The van der Waals surface area contributed by atoms with Gasteiger partial charge < -0.3 is 19.9 Å². The van der Waals surface area contributed by atoms with Crippen LogP contribution in [-0.2, 0) is 6.54 Å². The van der Waals surface area contributed by atoms with Gasteiger partial charge >= 0.3 is 0 Å². The molecule has 0 spiro atoms. The quantitative estimate of drug-likeness (QED) is 0.750. The molecular weight excluding hydrogens is 427 g/mol. The lowest BCUT2D eigenvalue weighted by Crippen LogP contribution is -2.46. The van der Waals surface area contributed by atoms with Crippen LogP contribution in [0.15, 0.2) is 23.1 Å². The first kappa shape index (κ1) is 21.9. The van der Waals surface area contributed by atoms with Gasteiger partial charge in [-0.05, 0) is 37.5 Å². The molecule has 2 aliphatic rings. The number of amides is 2. The summed E-state index contributed by atoms with van der Waals surface area (Å²) in [5.74, 6) is -4.58. The SMILES string of the molecule is Cc1cc(F)c(CNC(=O)c2cn3c(c(O)c2=O)C(=O)N2CCC[C@@H](CF)[C@H]3C2)c(F)c1. The number of benzene rings is 1. The number of rotatable bonds is 4. The molecular formula is C22H22F3N3O4. The molecule has 1 fully saturated rings. The topological polar surface area (TPSA) is 91.6 Å². The molecule has 1 aromatic heterocycles. The van der Waals surface area contributed by atoms with E-state index in [0.29, 0.717) is 24.9 Å². The first-order valence-electron chi connectivity index (χ1n) is 10.3. The Hall–Kier alpha value is -3.30. The van der Waals surface area contributed by atoms with Crippen LogP contribution in [0.25, 0.3) is 0 Å². The lowest BCUT2D eigenvalue weighted by Gasteiger charge is -2.36. The predicted molar refractivity (Wildman–Crippen MR) is 108 cm³/mol. The summed E-state index contributed by atoms with van der Waals surface area (Å²) >= 11 is 0. The number of carbonyl (C=O) groups is 2. The molecule has 3 heterocycles. The van der Waals surface area contributed by atoms with Crippen LogP contribution in [0.3, 0.4) is 0 Å². The average Bonchev–Trinajstić information content (AvgIpc) is 2.93. The second-order valence-corrected chi connectivity index (χ2v) is 8.24. The maximum absolute atomic E-state index is 14.1. The summed E-state index contributed by atoms with van der Waals surface area (Å²) in [6, 6.07) is 1.68. The summed E-state index contributed by atoms with van der Waals surface area (Å²) in [5, 5.41) is 12.8. The van der Waals surface area contributed by atoms with Crippen molar-refractivity contribution in [3.63, 3.8) is 0 Å². The van der Waals surface area contributed by atoms with Gasteiger partial charge in [-0.15, -0.1) is 0 Å². The normalized spacial score (nSPS) is 20.0. The molecule has 2 aromatic rings. The molecule has 2 N–H and O–H groups in total. The Bertz CT molecular complexity index is 1140. The monoisotopic (exact) mass is 449 g/mol. The van der Waals surface area contributed by atoms with Gasteiger partial charge in [-0.3, -0.25) is 18.8 Å². The first-order valence-corrected chi connectivity index (χ1v) is 10.3. The molecule has 7 nitrogen and oxygen atoms in total. The second kappa shape index (κ2) is 8.33. The molecule has 170 valence electrons. The highest BCUT2D eigenvalue weighted by molar-refractivity contribution is 5.99. The van der Waals surface area contributed by atoms with Crippen LogP contribution in [0.1, 0.15) is 50.9 Å². The van der Waals surface area contributed by atoms with E-state index in [2.05, 4.69) is 5.32 Å². The van der Waals surface area contributed by atoms with Gasteiger partial charge in [0.05, 0.1) is 12.7 Å². The number of aromatic hydroxyl groups is 1. The number of halogens is 3. The zero-order valence-corrected chi connectivity index (χ0v) is 17.3. The van der Waals surface area contributed by atoms with Gasteiger partial charge in [0.25, 0.3) is 11.8 Å². The Morgan fingerprint density at radius 3 is 2.59 bits per heavy atom. The summed E-state index contributed by atoms with van der Waals surface area (Å²) in [4.78, 5) is 39.6. The number of hydrogen-bond donors (Lipinski definition) is 2. The van der Waals surface area contributed by atoms with Crippen LogP contribution in [-0.4, -0.2) is 46.2 Å². The summed E-state index contributed by atoms with van der Waals surface area (Å²) in [5.41, 5.74) is -1.86. The molecule has 0 unspecified atom stereocenters. The molecule has 0 saturated carbocycles. The van der Waals surface area contributed by atoms with Crippen LogP contribution in [0, 0.1) is 24.5 Å². The number of alkyl halides is 1. The van der Waals surface area contributed by atoms with Crippen LogP contribution < -0.4 is 10.7 Å². The van der Waals surface area contributed by atoms with Crippen LogP contribution in [0.2, 0.25) is 0 Å². The average molecular weight is 449 g/mol. The fraction of sp³-hybridized carbons (Fsp3) is 0.409. The molecule has 2 amide bonds. The summed E-state index contributed by atoms with van der Waals surface area (Å²) < 4.78 is 43.1. The van der Waals surface area contributed by atoms with Crippen molar-refractivity contribution >= 4 is 11.8 Å². The number of nitrogens with one attached hydrogen (secondary N) is 1. The lowest BCUT2D eigenvalue weighted by atomic mass is 9.95. The van der Waals surface area contributed by atoms with E-state index in [1.165, 1.54) is 16.4 Å². The van der Waals surface area contributed by atoms with Gasteiger partial charge in [0.1, 0.15) is 17.2 Å². The molecule has 2 bridgehead atoms. The van der Waals surface area contributed by atoms with E-state index in [9.17, 15) is 32.7 Å². The zero-order valence-electron chi connectivity index (χ0n) is 17.3. The molecule has 1 aromatic carbocycles. The van der Waals surface area contributed by atoms with Crippen molar-refractivity contribution in [3.8, 4) is 5.75 Å². The fourth-order valence-electron chi connectivity index (χ4n) is 4.45. The molecule has 0 radical (unpaired) electrons. The van der Waals surface area contributed by atoms with Crippen molar-refractivity contribution in [2.45, 2.75) is 32.4 Å². The minimum atomic E-state index is -1.08. The summed E-state index contributed by atoms with van der Waals surface area (Å²) in [7, 11) is 0. The Morgan fingerprint density at radius 1 is 1.25 bits per heavy atom. The van der Waals surface area contributed by atoms with E-state index >= 15 is 0 Å². The number of pyridine rings is 1. The van der Waals surface area contributed by atoms with Gasteiger partial charge in [-0.2, -0.15) is 0 Å². The van der Waals surface area contributed by atoms with Gasteiger partial charge in [0.2, 0.25) is 5.43 Å². The number of aromatic nitrogens is 1. The van der Waals surface area contributed by atoms with Gasteiger partial charge in [-0.1, -0.05) is 0 Å². The fourth-order valence-corrected chi connectivity index (χ4v) is 4.45. The molecule has 10 heteroatoms. The molecule has 32 heavy (non-hydrogen) atoms. The van der Waals surface area contributed by atoms with Gasteiger partial charge in [-0.25, -0.2) is 8.78 Å². The third-order valence-electron chi connectivity index (χ3n) is 6.17. The molecule has 0 aliphatic carbocycles. The van der Waals surface area contributed by atoms with E-state index in [-0.39, 0.29) is 17.8 Å². The number of carbonyl (C=O) groups excluding carboxylic acids is 2. The first-order chi connectivity index (χ1) is 15.2. The van der Waals surface area contributed by atoms with Crippen LogP contribution in [0.4, 0.5) is 13.2 Å². The summed E-state index contributed by atoms with van der Waals surface area (Å²) in [6.07, 6.45) is 2.21. The Labute approximate surface area is 181 Å². The Balaban J connectivity index is 1.70. The third kappa shape index (κ3) is 3.63. The number of aryl methyl sites for hydroxylation is 1. The summed E-state index contributed by atoms with van der Waals surface area (Å²) in [6.45, 7) is 0.916. The van der Waals surface area contributed by atoms with Crippen molar-refractivity contribution in [2.75, 3.05) is 19.8 Å². The number of hydrogen-bond acceptors (Lipinski definition) is 4. The second-order valence-electron chi connectivity index (χ2n) is 8.24. The Kier molecular flexibility index (Phi) is 5.70. The van der Waals surface area contributed by atoms with Crippen LogP contribution >= 0.6 is 0 Å². The van der Waals surface area contributed by atoms with Crippen LogP contribution in [0.5, 0.6) is 5.75 Å². The highest BCUT2D eigenvalue weighted by atomic mass is 19.1. The molecule has 1 saturated heterocycles. The highest BCUT2D eigenvalue weighted by Crippen LogP contribution is 2.35. The predicted octanol–water partition coefficient (Wildman–Crippen LogP) is 2.45. The van der Waals surface area contributed by atoms with E-state index in [1.54, 1.807) is 0 Å². The Morgan fingerprint density at radius 2 is 1.94 bits per heavy atom. The van der Waals surface area contributed by atoms with E-state index < -0.39 is 65.4 Å². The largest absolute Gasteiger partial charge is 0.503 e. The third-order valence-corrected chi connectivity index (χ3v) is 6.17. The zero-order chi connectivity index (χ0) is 23.2. The highest BCUT2D eigenvalue weighted by Gasteiger charge is 2.40. The smallest absolute Gasteiger partial charge is 0.274 e. The van der Waals surface area contributed by atoms with Gasteiger partial charge in [0, 0.05) is 37.3 Å². The van der Waals surface area contributed by atoms with Crippen molar-refractivity contribution in [1.82, 2.24) is 14.8 Å². The van der Waals surface area contributed by atoms with E-state index in [0.717, 1.165) is 18.3 Å². The van der Waals surface area contributed by atoms with Crippen molar-refractivity contribution in [1.29, 1.82) is 0 Å². The lowest BCUT2D eigenvalue weighted by molar-refractivity contribution is 0.0651.